The molecule has 0 bridgehead atoms. The summed E-state index contributed by atoms with van der Waals surface area (Å²) in [7, 11) is 0. The second-order valence-corrected chi connectivity index (χ2v) is 4.78. The first-order valence-electron chi connectivity index (χ1n) is 6.32. The molecule has 0 unspecified atom stereocenters. The van der Waals surface area contributed by atoms with Crippen molar-refractivity contribution in [2.45, 2.75) is 32.2 Å². The van der Waals surface area contributed by atoms with Gasteiger partial charge in [0, 0.05) is 12.7 Å². The molecule has 2 N–H and O–H groups in total. The summed E-state index contributed by atoms with van der Waals surface area (Å²) in [5, 5.41) is 11.6. The third-order valence-corrected chi connectivity index (χ3v) is 3.39. The van der Waals surface area contributed by atoms with Crippen LogP contribution >= 0.6 is 0 Å². The molecule has 0 radical (unpaired) electrons. The summed E-state index contributed by atoms with van der Waals surface area (Å²) >= 11 is 0. The standard InChI is InChI=1S/C13H18N2O3/c16-12(17)9-15-7-3-6-11(15)13(18)14-8-10-4-1-2-5-10/h3,6-7,10H,1-2,4-5,8-9H2,(H,14,18)(H,16,17). The van der Waals surface area contributed by atoms with Crippen LogP contribution < -0.4 is 5.32 Å². The lowest BCUT2D eigenvalue weighted by atomic mass is 10.1. The van der Waals surface area contributed by atoms with Gasteiger partial charge in [-0.2, -0.15) is 0 Å². The Morgan fingerprint density at radius 2 is 2.11 bits per heavy atom. The van der Waals surface area contributed by atoms with Gasteiger partial charge < -0.3 is 15.0 Å². The van der Waals surface area contributed by atoms with Crippen LogP contribution in [0.3, 0.4) is 0 Å². The number of carboxylic acids is 1. The highest BCUT2D eigenvalue weighted by Crippen LogP contribution is 2.23. The minimum Gasteiger partial charge on any atom is -0.480 e. The average Bonchev–Trinajstić information content (AvgIpc) is 2.95. The zero-order chi connectivity index (χ0) is 13.0. The maximum absolute atomic E-state index is 11.9. The van der Waals surface area contributed by atoms with Crippen LogP contribution in [0.15, 0.2) is 18.3 Å². The summed E-state index contributed by atoms with van der Waals surface area (Å²) in [6.07, 6.45) is 6.46. The summed E-state index contributed by atoms with van der Waals surface area (Å²) in [4.78, 5) is 22.6. The molecule has 5 heteroatoms. The van der Waals surface area contributed by atoms with E-state index in [-0.39, 0.29) is 12.5 Å². The summed E-state index contributed by atoms with van der Waals surface area (Å²) in [5.74, 6) is -0.555. The van der Waals surface area contributed by atoms with Gasteiger partial charge in [0.2, 0.25) is 0 Å². The lowest BCUT2D eigenvalue weighted by Crippen LogP contribution is -2.30. The molecular formula is C13H18N2O3. The van der Waals surface area contributed by atoms with Crippen molar-refractivity contribution in [1.29, 1.82) is 0 Å². The lowest BCUT2D eigenvalue weighted by molar-refractivity contribution is -0.137. The van der Waals surface area contributed by atoms with Crippen molar-refractivity contribution in [2.75, 3.05) is 6.54 Å². The van der Waals surface area contributed by atoms with Gasteiger partial charge in [-0.25, -0.2) is 0 Å². The fourth-order valence-corrected chi connectivity index (χ4v) is 2.45. The van der Waals surface area contributed by atoms with E-state index in [4.69, 9.17) is 5.11 Å². The van der Waals surface area contributed by atoms with Crippen molar-refractivity contribution < 1.29 is 14.7 Å². The zero-order valence-electron chi connectivity index (χ0n) is 10.3. The summed E-state index contributed by atoms with van der Waals surface area (Å²) in [6.45, 7) is 0.510. The van der Waals surface area contributed by atoms with E-state index in [2.05, 4.69) is 5.32 Å². The second kappa shape index (κ2) is 5.71. The van der Waals surface area contributed by atoms with Gasteiger partial charge in [-0.15, -0.1) is 0 Å². The number of amides is 1. The van der Waals surface area contributed by atoms with Gasteiger partial charge >= 0.3 is 5.97 Å². The van der Waals surface area contributed by atoms with E-state index < -0.39 is 5.97 Å². The Balaban J connectivity index is 1.91. The summed E-state index contributed by atoms with van der Waals surface area (Å²) in [5.41, 5.74) is 0.412. The van der Waals surface area contributed by atoms with Crippen molar-refractivity contribution in [3.63, 3.8) is 0 Å². The molecule has 0 aliphatic heterocycles. The minimum atomic E-state index is -0.948. The van der Waals surface area contributed by atoms with Crippen LogP contribution in [0.1, 0.15) is 36.2 Å². The number of carboxylic acid groups (broad SMARTS) is 1. The van der Waals surface area contributed by atoms with Crippen LogP contribution in [0, 0.1) is 5.92 Å². The Hall–Kier alpha value is -1.78. The number of rotatable bonds is 5. The van der Waals surface area contributed by atoms with Gasteiger partial charge in [0.25, 0.3) is 5.91 Å². The molecule has 98 valence electrons. The van der Waals surface area contributed by atoms with E-state index >= 15 is 0 Å². The molecule has 1 aromatic rings. The summed E-state index contributed by atoms with van der Waals surface area (Å²) in [6, 6.07) is 3.33. The minimum absolute atomic E-state index is 0.181. The lowest BCUT2D eigenvalue weighted by Gasteiger charge is -2.11. The van der Waals surface area contributed by atoms with Crippen molar-refractivity contribution in [1.82, 2.24) is 9.88 Å². The van der Waals surface area contributed by atoms with Gasteiger partial charge in [0.1, 0.15) is 12.2 Å². The molecule has 1 heterocycles. The van der Waals surface area contributed by atoms with Gasteiger partial charge in [-0.1, -0.05) is 12.8 Å². The third-order valence-electron chi connectivity index (χ3n) is 3.39. The molecule has 1 aromatic heterocycles. The predicted octanol–water partition coefficient (Wildman–Crippen LogP) is 1.49. The monoisotopic (exact) mass is 250 g/mol. The van der Waals surface area contributed by atoms with Crippen LogP contribution in [0.25, 0.3) is 0 Å². The topological polar surface area (TPSA) is 71.3 Å². The second-order valence-electron chi connectivity index (χ2n) is 4.78. The first kappa shape index (κ1) is 12.7. The van der Waals surface area contributed by atoms with E-state index in [1.807, 2.05) is 0 Å². The predicted molar refractivity (Wildman–Crippen MR) is 66.4 cm³/mol. The van der Waals surface area contributed by atoms with E-state index in [0.717, 1.165) is 0 Å². The molecule has 1 fully saturated rings. The number of nitrogens with one attached hydrogen (secondary N) is 1. The Kier molecular flexibility index (Phi) is 4.02. The molecular weight excluding hydrogens is 232 g/mol. The number of carbonyl (C=O) groups is 2. The molecule has 1 aliphatic carbocycles. The molecule has 2 rings (SSSR count). The van der Waals surface area contributed by atoms with Crippen molar-refractivity contribution >= 4 is 11.9 Å². The Labute approximate surface area is 106 Å². The van der Waals surface area contributed by atoms with Gasteiger partial charge in [-0.05, 0) is 30.9 Å². The van der Waals surface area contributed by atoms with Crippen LogP contribution in [-0.4, -0.2) is 28.1 Å². The van der Waals surface area contributed by atoms with Crippen LogP contribution in [-0.2, 0) is 11.3 Å². The number of aromatic nitrogens is 1. The van der Waals surface area contributed by atoms with E-state index in [9.17, 15) is 9.59 Å². The maximum Gasteiger partial charge on any atom is 0.323 e. The smallest absolute Gasteiger partial charge is 0.323 e. The van der Waals surface area contributed by atoms with Crippen molar-refractivity contribution in [2.24, 2.45) is 5.92 Å². The zero-order valence-corrected chi connectivity index (χ0v) is 10.3. The first-order valence-corrected chi connectivity index (χ1v) is 6.32. The Bertz CT molecular complexity index is 433. The van der Waals surface area contributed by atoms with Gasteiger partial charge in [-0.3, -0.25) is 9.59 Å². The number of hydrogen-bond donors (Lipinski definition) is 2. The number of hydrogen-bond acceptors (Lipinski definition) is 2. The van der Waals surface area contributed by atoms with E-state index in [1.165, 1.54) is 30.3 Å². The molecule has 1 amide bonds. The molecule has 0 aromatic carbocycles. The maximum atomic E-state index is 11.9. The highest BCUT2D eigenvalue weighted by molar-refractivity contribution is 5.93. The Morgan fingerprint density at radius 1 is 1.39 bits per heavy atom. The normalized spacial score (nSPS) is 15.8. The fraction of sp³-hybridized carbons (Fsp3) is 0.538. The Morgan fingerprint density at radius 3 is 2.78 bits per heavy atom. The number of nitrogens with zero attached hydrogens (tertiary/aromatic N) is 1. The van der Waals surface area contributed by atoms with E-state index in [1.54, 1.807) is 18.3 Å². The fourth-order valence-electron chi connectivity index (χ4n) is 2.45. The van der Waals surface area contributed by atoms with Crippen molar-refractivity contribution in [3.05, 3.63) is 24.0 Å². The SMILES string of the molecule is O=C(O)Cn1cccc1C(=O)NCC1CCCC1. The van der Waals surface area contributed by atoms with Crippen LogP contribution in [0.2, 0.25) is 0 Å². The molecule has 0 atom stereocenters. The van der Waals surface area contributed by atoms with Crippen LogP contribution in [0.4, 0.5) is 0 Å². The molecule has 0 saturated heterocycles. The highest BCUT2D eigenvalue weighted by Gasteiger charge is 2.17. The molecule has 18 heavy (non-hydrogen) atoms. The molecule has 0 spiro atoms. The quantitative estimate of drug-likeness (QED) is 0.831. The number of aliphatic carboxylic acids is 1. The highest BCUT2D eigenvalue weighted by atomic mass is 16.4. The summed E-state index contributed by atoms with van der Waals surface area (Å²) < 4.78 is 1.45. The molecule has 5 nitrogen and oxygen atoms in total. The third kappa shape index (κ3) is 3.12. The van der Waals surface area contributed by atoms with E-state index in [0.29, 0.717) is 18.2 Å². The molecule has 1 aliphatic rings. The number of carbonyl (C=O) groups excluding carboxylic acids is 1. The van der Waals surface area contributed by atoms with Crippen molar-refractivity contribution in [3.8, 4) is 0 Å². The van der Waals surface area contributed by atoms with Gasteiger partial charge in [0.15, 0.2) is 0 Å². The largest absolute Gasteiger partial charge is 0.480 e. The first-order chi connectivity index (χ1) is 8.66. The molecule has 1 saturated carbocycles. The average molecular weight is 250 g/mol. The van der Waals surface area contributed by atoms with Gasteiger partial charge in [0.05, 0.1) is 0 Å². The van der Waals surface area contributed by atoms with Crippen LogP contribution in [0.5, 0.6) is 0 Å².